The predicted octanol–water partition coefficient (Wildman–Crippen LogP) is 3.35. The zero-order valence-electron chi connectivity index (χ0n) is 16.8. The molecule has 6 nitrogen and oxygen atoms in total. The fourth-order valence-electron chi connectivity index (χ4n) is 2.83. The Morgan fingerprint density at radius 1 is 1.07 bits per heavy atom. The first-order chi connectivity index (χ1) is 13.0. The van der Waals surface area contributed by atoms with Crippen LogP contribution in [0.3, 0.4) is 0 Å². The third-order valence-electron chi connectivity index (χ3n) is 4.36. The number of pyridine rings is 1. The minimum Gasteiger partial charge on any atom is -0.372 e. The van der Waals surface area contributed by atoms with Gasteiger partial charge < -0.3 is 20.4 Å². The molecule has 1 aromatic heterocycles. The SMILES string of the molecule is CCN(CC)c1ccc(Nc2cc(C(=O)NCCCN(C)C)ccn2)cc1. The zero-order valence-corrected chi connectivity index (χ0v) is 16.8. The Morgan fingerprint density at radius 2 is 1.78 bits per heavy atom. The predicted molar refractivity (Wildman–Crippen MR) is 113 cm³/mol. The lowest BCUT2D eigenvalue weighted by Crippen LogP contribution is -2.27. The minimum absolute atomic E-state index is 0.0731. The Kier molecular flexibility index (Phi) is 8.07. The topological polar surface area (TPSA) is 60.5 Å². The van der Waals surface area contributed by atoms with E-state index < -0.39 is 0 Å². The van der Waals surface area contributed by atoms with E-state index in [4.69, 9.17) is 0 Å². The van der Waals surface area contributed by atoms with Gasteiger partial charge in [-0.25, -0.2) is 4.98 Å². The summed E-state index contributed by atoms with van der Waals surface area (Å²) in [7, 11) is 4.05. The number of nitrogens with one attached hydrogen (secondary N) is 2. The van der Waals surface area contributed by atoms with Crippen LogP contribution in [0.5, 0.6) is 0 Å². The van der Waals surface area contributed by atoms with Crippen LogP contribution in [0.1, 0.15) is 30.6 Å². The van der Waals surface area contributed by atoms with E-state index in [0.29, 0.717) is 17.9 Å². The minimum atomic E-state index is -0.0731. The molecule has 0 radical (unpaired) electrons. The summed E-state index contributed by atoms with van der Waals surface area (Å²) in [5, 5.41) is 6.22. The van der Waals surface area contributed by atoms with Gasteiger partial charge in [0.05, 0.1) is 0 Å². The average molecular weight is 370 g/mol. The highest BCUT2D eigenvalue weighted by molar-refractivity contribution is 5.94. The first kappa shape index (κ1) is 20.7. The molecule has 1 amide bonds. The molecular weight excluding hydrogens is 338 g/mol. The Morgan fingerprint density at radius 3 is 2.41 bits per heavy atom. The molecular formula is C21H31N5O. The summed E-state index contributed by atoms with van der Waals surface area (Å²) in [6.07, 6.45) is 2.58. The van der Waals surface area contributed by atoms with Gasteiger partial charge in [0.1, 0.15) is 5.82 Å². The Balaban J connectivity index is 1.95. The number of nitrogens with zero attached hydrogens (tertiary/aromatic N) is 3. The fraction of sp³-hybridized carbons (Fsp3) is 0.429. The summed E-state index contributed by atoms with van der Waals surface area (Å²) in [4.78, 5) is 21.0. The zero-order chi connectivity index (χ0) is 19.6. The van der Waals surface area contributed by atoms with Crippen LogP contribution in [-0.2, 0) is 0 Å². The van der Waals surface area contributed by atoms with Gasteiger partial charge >= 0.3 is 0 Å². The number of aromatic nitrogens is 1. The number of anilines is 3. The average Bonchev–Trinajstić information content (AvgIpc) is 2.67. The van der Waals surface area contributed by atoms with Gasteiger partial charge in [0.15, 0.2) is 0 Å². The quantitative estimate of drug-likeness (QED) is 0.629. The van der Waals surface area contributed by atoms with Gasteiger partial charge in [0.25, 0.3) is 5.91 Å². The molecule has 1 aromatic carbocycles. The van der Waals surface area contributed by atoms with Crippen molar-refractivity contribution < 1.29 is 4.79 Å². The number of carbonyl (C=O) groups is 1. The van der Waals surface area contributed by atoms with Crippen molar-refractivity contribution in [3.05, 3.63) is 48.2 Å². The third kappa shape index (κ3) is 6.57. The van der Waals surface area contributed by atoms with E-state index in [2.05, 4.69) is 51.4 Å². The number of hydrogen-bond acceptors (Lipinski definition) is 5. The van der Waals surface area contributed by atoms with E-state index in [0.717, 1.165) is 31.7 Å². The van der Waals surface area contributed by atoms with Crippen molar-refractivity contribution in [2.45, 2.75) is 20.3 Å². The van der Waals surface area contributed by atoms with Crippen molar-refractivity contribution in [2.75, 3.05) is 50.5 Å². The highest BCUT2D eigenvalue weighted by Crippen LogP contribution is 2.20. The number of carbonyl (C=O) groups excluding carboxylic acids is 1. The monoisotopic (exact) mass is 369 g/mol. The van der Waals surface area contributed by atoms with E-state index in [1.54, 1.807) is 18.3 Å². The van der Waals surface area contributed by atoms with Gasteiger partial charge in [-0.2, -0.15) is 0 Å². The number of rotatable bonds is 10. The molecule has 0 fully saturated rings. The Labute approximate surface area is 162 Å². The Hall–Kier alpha value is -2.60. The van der Waals surface area contributed by atoms with Gasteiger partial charge in [-0.3, -0.25) is 4.79 Å². The molecule has 0 aliphatic carbocycles. The van der Waals surface area contributed by atoms with E-state index in [1.165, 1.54) is 5.69 Å². The molecule has 0 saturated carbocycles. The van der Waals surface area contributed by atoms with Crippen LogP contribution in [0, 0.1) is 0 Å². The number of amides is 1. The summed E-state index contributed by atoms with van der Waals surface area (Å²) in [6.45, 7) is 7.88. The van der Waals surface area contributed by atoms with Crippen LogP contribution >= 0.6 is 0 Å². The Bertz CT molecular complexity index is 711. The molecule has 0 atom stereocenters. The molecule has 146 valence electrons. The van der Waals surface area contributed by atoms with E-state index in [1.807, 2.05) is 26.2 Å². The third-order valence-corrected chi connectivity index (χ3v) is 4.36. The van der Waals surface area contributed by atoms with Crippen LogP contribution < -0.4 is 15.5 Å². The van der Waals surface area contributed by atoms with E-state index >= 15 is 0 Å². The van der Waals surface area contributed by atoms with Crippen molar-refractivity contribution >= 4 is 23.1 Å². The lowest BCUT2D eigenvalue weighted by molar-refractivity contribution is 0.0952. The van der Waals surface area contributed by atoms with Crippen LogP contribution in [0.25, 0.3) is 0 Å². The second-order valence-electron chi connectivity index (χ2n) is 6.69. The molecule has 0 bridgehead atoms. The molecule has 0 unspecified atom stereocenters. The van der Waals surface area contributed by atoms with Crippen molar-refractivity contribution in [2.24, 2.45) is 0 Å². The smallest absolute Gasteiger partial charge is 0.251 e. The summed E-state index contributed by atoms with van der Waals surface area (Å²) in [5.41, 5.74) is 2.75. The van der Waals surface area contributed by atoms with Crippen molar-refractivity contribution in [3.8, 4) is 0 Å². The van der Waals surface area contributed by atoms with Crippen LogP contribution in [0.15, 0.2) is 42.6 Å². The summed E-state index contributed by atoms with van der Waals surface area (Å²) >= 11 is 0. The largest absolute Gasteiger partial charge is 0.372 e. The standard InChI is InChI=1S/C21H31N5O/c1-5-26(6-2)19-10-8-18(9-11-19)24-20-16-17(12-14-22-20)21(27)23-13-7-15-25(3)4/h8-12,14,16H,5-7,13,15H2,1-4H3,(H,22,24)(H,23,27). The molecule has 2 N–H and O–H groups in total. The van der Waals surface area contributed by atoms with Gasteiger partial charge in [0, 0.05) is 42.8 Å². The molecule has 6 heteroatoms. The highest BCUT2D eigenvalue weighted by Gasteiger charge is 2.07. The number of benzene rings is 1. The number of hydrogen-bond donors (Lipinski definition) is 2. The maximum Gasteiger partial charge on any atom is 0.251 e. The molecule has 2 aromatic rings. The molecule has 27 heavy (non-hydrogen) atoms. The molecule has 2 rings (SSSR count). The van der Waals surface area contributed by atoms with Crippen LogP contribution in [0.2, 0.25) is 0 Å². The summed E-state index contributed by atoms with van der Waals surface area (Å²) in [6, 6.07) is 11.8. The molecule has 0 saturated heterocycles. The second-order valence-corrected chi connectivity index (χ2v) is 6.69. The lowest BCUT2D eigenvalue weighted by atomic mass is 10.2. The maximum atomic E-state index is 12.3. The van der Waals surface area contributed by atoms with Gasteiger partial charge in [-0.15, -0.1) is 0 Å². The molecule has 0 aliphatic heterocycles. The van der Waals surface area contributed by atoms with Crippen molar-refractivity contribution in [3.63, 3.8) is 0 Å². The van der Waals surface area contributed by atoms with Gasteiger partial charge in [-0.05, 0) is 77.3 Å². The maximum absolute atomic E-state index is 12.3. The van der Waals surface area contributed by atoms with E-state index in [-0.39, 0.29) is 5.91 Å². The van der Waals surface area contributed by atoms with Gasteiger partial charge in [0.2, 0.25) is 0 Å². The molecule has 0 aliphatic rings. The first-order valence-electron chi connectivity index (χ1n) is 9.54. The normalized spacial score (nSPS) is 10.7. The second kappa shape index (κ2) is 10.5. The molecule has 0 spiro atoms. The summed E-state index contributed by atoms with van der Waals surface area (Å²) in [5.74, 6) is 0.586. The molecule has 1 heterocycles. The highest BCUT2D eigenvalue weighted by atomic mass is 16.1. The van der Waals surface area contributed by atoms with E-state index in [9.17, 15) is 4.79 Å². The summed E-state index contributed by atoms with van der Waals surface area (Å²) < 4.78 is 0. The first-order valence-corrected chi connectivity index (χ1v) is 9.54. The van der Waals surface area contributed by atoms with Crippen LogP contribution in [0.4, 0.5) is 17.2 Å². The lowest BCUT2D eigenvalue weighted by Gasteiger charge is -2.21. The fourth-order valence-corrected chi connectivity index (χ4v) is 2.83. The van der Waals surface area contributed by atoms with Crippen LogP contribution in [-0.4, -0.2) is 56.1 Å². The van der Waals surface area contributed by atoms with Crippen molar-refractivity contribution in [1.82, 2.24) is 15.2 Å². The van der Waals surface area contributed by atoms with Gasteiger partial charge in [-0.1, -0.05) is 0 Å². The van der Waals surface area contributed by atoms with Crippen molar-refractivity contribution in [1.29, 1.82) is 0 Å².